The predicted molar refractivity (Wildman–Crippen MR) is 97.6 cm³/mol. The maximum atomic E-state index is 11.6. The first-order valence-electron chi connectivity index (χ1n) is 7.52. The van der Waals surface area contributed by atoms with Crippen LogP contribution in [0.3, 0.4) is 0 Å². The van der Waals surface area contributed by atoms with Gasteiger partial charge in [-0.3, -0.25) is 4.72 Å². The maximum Gasteiger partial charge on any atom is 0.246 e. The van der Waals surface area contributed by atoms with Crippen LogP contribution in [-0.2, 0) is 10.0 Å². The first-order chi connectivity index (χ1) is 11.3. The molecule has 1 aromatic carbocycles. The molecule has 130 valence electrons. The summed E-state index contributed by atoms with van der Waals surface area (Å²) in [5.74, 6) is 1.17. The van der Waals surface area contributed by atoms with Crippen molar-refractivity contribution in [3.63, 3.8) is 0 Å². The molecule has 0 unspecified atom stereocenters. The highest BCUT2D eigenvalue weighted by Gasteiger charge is 2.25. The van der Waals surface area contributed by atoms with Crippen molar-refractivity contribution in [2.45, 2.75) is 18.8 Å². The van der Waals surface area contributed by atoms with Crippen LogP contribution < -0.4 is 15.4 Å². The first kappa shape index (κ1) is 17.0. The molecule has 1 aromatic heterocycles. The van der Waals surface area contributed by atoms with E-state index in [1.165, 1.54) is 0 Å². The van der Waals surface area contributed by atoms with Gasteiger partial charge in [0.1, 0.15) is 0 Å². The number of aromatic amines is 1. The maximum absolute atomic E-state index is 11.6. The zero-order valence-electron chi connectivity index (χ0n) is 13.2. The van der Waals surface area contributed by atoms with E-state index in [-0.39, 0.29) is 5.92 Å². The minimum absolute atomic E-state index is 0.263. The standard InChI is InChI=1S/C14H19BrN6O2S/c1-24(22,23)20-12-3-2-10(15)8-11(12)9-4-6-21(7-5-9)14-17-13(16)18-19-14/h2-3,8-9,20H,4-7H2,1H3,(H3,16,17,18,19). The van der Waals surface area contributed by atoms with Crippen LogP contribution in [0.2, 0.25) is 0 Å². The van der Waals surface area contributed by atoms with Crippen LogP contribution in [-0.4, -0.2) is 42.9 Å². The zero-order chi connectivity index (χ0) is 17.3. The van der Waals surface area contributed by atoms with Crippen molar-refractivity contribution >= 4 is 43.5 Å². The molecule has 1 aliphatic heterocycles. The molecule has 4 N–H and O–H groups in total. The molecule has 1 aliphatic rings. The van der Waals surface area contributed by atoms with Crippen LogP contribution in [0.1, 0.15) is 24.3 Å². The number of nitrogens with two attached hydrogens (primary N) is 1. The Hall–Kier alpha value is -1.81. The molecule has 0 spiro atoms. The fourth-order valence-corrected chi connectivity index (χ4v) is 3.93. The number of aromatic nitrogens is 3. The van der Waals surface area contributed by atoms with Gasteiger partial charge in [-0.15, -0.1) is 5.10 Å². The Morgan fingerprint density at radius 2 is 2.08 bits per heavy atom. The SMILES string of the molecule is CS(=O)(=O)Nc1ccc(Br)cc1C1CCN(c2n[nH]c(N)n2)CC1. The zero-order valence-corrected chi connectivity index (χ0v) is 15.6. The molecule has 0 bridgehead atoms. The van der Waals surface area contributed by atoms with Crippen molar-refractivity contribution in [2.75, 3.05) is 34.7 Å². The summed E-state index contributed by atoms with van der Waals surface area (Å²) >= 11 is 3.47. The molecule has 3 rings (SSSR count). The Labute approximate surface area is 149 Å². The summed E-state index contributed by atoms with van der Waals surface area (Å²) in [5, 5.41) is 6.73. The van der Waals surface area contributed by atoms with Crippen LogP contribution in [0.5, 0.6) is 0 Å². The van der Waals surface area contributed by atoms with Gasteiger partial charge in [-0.25, -0.2) is 13.5 Å². The van der Waals surface area contributed by atoms with Crippen LogP contribution in [0.4, 0.5) is 17.6 Å². The third-order valence-electron chi connectivity index (χ3n) is 4.02. The molecule has 8 nitrogen and oxygen atoms in total. The first-order valence-corrected chi connectivity index (χ1v) is 10.2. The van der Waals surface area contributed by atoms with Gasteiger partial charge < -0.3 is 10.6 Å². The van der Waals surface area contributed by atoms with Crippen molar-refractivity contribution in [1.29, 1.82) is 0 Å². The number of nitrogen functional groups attached to an aromatic ring is 1. The van der Waals surface area contributed by atoms with E-state index in [2.05, 4.69) is 40.7 Å². The molecule has 1 fully saturated rings. The third-order valence-corrected chi connectivity index (χ3v) is 5.10. The summed E-state index contributed by atoms with van der Waals surface area (Å²) in [6.45, 7) is 1.57. The third kappa shape index (κ3) is 3.99. The monoisotopic (exact) mass is 414 g/mol. The Morgan fingerprint density at radius 1 is 1.38 bits per heavy atom. The number of halogens is 1. The van der Waals surface area contributed by atoms with Crippen molar-refractivity contribution < 1.29 is 8.42 Å². The molecular formula is C14H19BrN6O2S. The molecule has 2 aromatic rings. The van der Waals surface area contributed by atoms with E-state index in [1.807, 2.05) is 12.1 Å². The minimum Gasteiger partial charge on any atom is -0.368 e. The summed E-state index contributed by atoms with van der Waals surface area (Å²) in [7, 11) is -3.32. The lowest BCUT2D eigenvalue weighted by Gasteiger charge is -2.32. The number of hydrogen-bond donors (Lipinski definition) is 3. The highest BCUT2D eigenvalue weighted by Crippen LogP contribution is 2.35. The normalized spacial score (nSPS) is 16.3. The highest BCUT2D eigenvalue weighted by atomic mass is 79.9. The largest absolute Gasteiger partial charge is 0.368 e. The molecule has 24 heavy (non-hydrogen) atoms. The number of anilines is 3. The quantitative estimate of drug-likeness (QED) is 0.702. The van der Waals surface area contributed by atoms with E-state index in [1.54, 1.807) is 6.07 Å². The summed E-state index contributed by atoms with van der Waals surface area (Å²) in [6, 6.07) is 5.62. The number of piperidine rings is 1. The Bertz CT molecular complexity index is 830. The Morgan fingerprint density at radius 3 is 2.67 bits per heavy atom. The van der Waals surface area contributed by atoms with Crippen molar-refractivity contribution in [3.8, 4) is 0 Å². The molecule has 0 saturated carbocycles. The van der Waals surface area contributed by atoms with Gasteiger partial charge in [0, 0.05) is 17.6 Å². The molecule has 0 atom stereocenters. The average Bonchev–Trinajstić information content (AvgIpc) is 2.95. The smallest absolute Gasteiger partial charge is 0.246 e. The number of nitrogens with zero attached hydrogens (tertiary/aromatic N) is 3. The van der Waals surface area contributed by atoms with Crippen molar-refractivity contribution in [1.82, 2.24) is 15.2 Å². The van der Waals surface area contributed by atoms with Gasteiger partial charge in [0.2, 0.25) is 21.9 Å². The minimum atomic E-state index is -3.32. The van der Waals surface area contributed by atoms with Gasteiger partial charge >= 0.3 is 0 Å². The summed E-state index contributed by atoms with van der Waals surface area (Å²) in [5.41, 5.74) is 7.22. The molecule has 1 saturated heterocycles. The number of H-pyrrole nitrogens is 1. The molecular weight excluding hydrogens is 396 g/mol. The highest BCUT2D eigenvalue weighted by molar-refractivity contribution is 9.10. The Balaban J connectivity index is 1.77. The lowest BCUT2D eigenvalue weighted by Crippen LogP contribution is -2.34. The molecule has 0 radical (unpaired) electrons. The average molecular weight is 415 g/mol. The summed E-state index contributed by atoms with van der Waals surface area (Å²) < 4.78 is 26.7. The van der Waals surface area contributed by atoms with Gasteiger partial charge in [0.25, 0.3) is 0 Å². The second kappa shape index (κ2) is 6.60. The van der Waals surface area contributed by atoms with Gasteiger partial charge in [0.15, 0.2) is 0 Å². The number of nitrogens with one attached hydrogen (secondary N) is 2. The second-order valence-corrected chi connectivity index (χ2v) is 8.55. The summed E-state index contributed by atoms with van der Waals surface area (Å²) in [4.78, 5) is 6.22. The lowest BCUT2D eigenvalue weighted by molar-refractivity contribution is 0.500. The summed E-state index contributed by atoms with van der Waals surface area (Å²) in [6.07, 6.45) is 2.92. The molecule has 0 aliphatic carbocycles. The van der Waals surface area contributed by atoms with Gasteiger partial charge in [0.05, 0.1) is 11.9 Å². The number of hydrogen-bond acceptors (Lipinski definition) is 6. The predicted octanol–water partition coefficient (Wildman–Crippen LogP) is 1.90. The van der Waals surface area contributed by atoms with E-state index in [0.29, 0.717) is 17.6 Å². The fraction of sp³-hybridized carbons (Fsp3) is 0.429. The van der Waals surface area contributed by atoms with Crippen LogP contribution in [0, 0.1) is 0 Å². The van der Waals surface area contributed by atoms with Crippen LogP contribution in [0.15, 0.2) is 22.7 Å². The second-order valence-electron chi connectivity index (χ2n) is 5.89. The van der Waals surface area contributed by atoms with Gasteiger partial charge in [-0.1, -0.05) is 15.9 Å². The number of sulfonamides is 1. The van der Waals surface area contributed by atoms with Crippen molar-refractivity contribution in [3.05, 3.63) is 28.2 Å². The van der Waals surface area contributed by atoms with E-state index < -0.39 is 10.0 Å². The number of rotatable bonds is 4. The molecule has 2 heterocycles. The Kier molecular flexibility index (Phi) is 4.68. The molecule has 0 amide bonds. The van der Waals surface area contributed by atoms with Crippen molar-refractivity contribution in [2.24, 2.45) is 0 Å². The van der Waals surface area contributed by atoms with Crippen LogP contribution >= 0.6 is 15.9 Å². The van der Waals surface area contributed by atoms with E-state index in [0.717, 1.165) is 42.2 Å². The van der Waals surface area contributed by atoms with Crippen LogP contribution in [0.25, 0.3) is 0 Å². The number of benzene rings is 1. The van der Waals surface area contributed by atoms with E-state index >= 15 is 0 Å². The van der Waals surface area contributed by atoms with Gasteiger partial charge in [-0.2, -0.15) is 4.98 Å². The topological polar surface area (TPSA) is 117 Å². The molecule has 10 heteroatoms. The van der Waals surface area contributed by atoms with Gasteiger partial charge in [-0.05, 0) is 42.5 Å². The fourth-order valence-electron chi connectivity index (χ4n) is 2.96. The van der Waals surface area contributed by atoms with E-state index in [9.17, 15) is 8.42 Å². The lowest BCUT2D eigenvalue weighted by atomic mass is 9.88. The van der Waals surface area contributed by atoms with E-state index in [4.69, 9.17) is 5.73 Å².